The maximum Gasteiger partial charge on any atom is 0.160 e. The normalized spacial score (nSPS) is 14.9. The van der Waals surface area contributed by atoms with Crippen LogP contribution < -0.4 is 0 Å². The van der Waals surface area contributed by atoms with Crippen molar-refractivity contribution < 1.29 is 0 Å². The summed E-state index contributed by atoms with van der Waals surface area (Å²) in [5, 5.41) is 2.51. The maximum atomic E-state index is 5.27. The quantitative estimate of drug-likeness (QED) is 0.187. The number of fused-ring (bicyclic) bond motifs is 14. The van der Waals surface area contributed by atoms with Gasteiger partial charge in [-0.25, -0.2) is 9.97 Å². The van der Waals surface area contributed by atoms with Crippen LogP contribution in [0.4, 0.5) is 0 Å². The number of benzene rings is 7. The standard InChI is InChI=1S/C50H31N3/c1-2-14-33(15-3-1)46-30-47(35-16-12-28-51-31-35)53-49(52-46)34-24-26-40-38-19-7-6-18-37(38)39-20-8-10-22-42(39)50(45(40)29-34)43-23-11-9-21-41(43)48-36-17-5-4-13-32(36)25-27-44(48)50/h1-31H. The molecule has 0 amide bonds. The summed E-state index contributed by atoms with van der Waals surface area (Å²) in [7, 11) is 0. The fraction of sp³-hybridized carbons (Fsp3) is 0.0200. The maximum absolute atomic E-state index is 5.27. The van der Waals surface area contributed by atoms with Crippen molar-refractivity contribution in [1.29, 1.82) is 0 Å². The van der Waals surface area contributed by atoms with Crippen LogP contribution in [0.2, 0.25) is 0 Å². The van der Waals surface area contributed by atoms with Gasteiger partial charge in [-0.3, -0.25) is 4.98 Å². The van der Waals surface area contributed by atoms with E-state index in [4.69, 9.17) is 9.97 Å². The van der Waals surface area contributed by atoms with Crippen molar-refractivity contribution in [3.8, 4) is 67.3 Å². The Morgan fingerprint density at radius 1 is 0.377 bits per heavy atom. The zero-order chi connectivity index (χ0) is 34.9. The lowest BCUT2D eigenvalue weighted by Gasteiger charge is -2.35. The first-order chi connectivity index (χ1) is 26.3. The summed E-state index contributed by atoms with van der Waals surface area (Å²) >= 11 is 0. The second-order valence-electron chi connectivity index (χ2n) is 13.9. The summed E-state index contributed by atoms with van der Waals surface area (Å²) in [5.74, 6) is 0.680. The molecule has 0 N–H and O–H groups in total. The minimum absolute atomic E-state index is 0.611. The lowest BCUT2D eigenvalue weighted by molar-refractivity contribution is 0.776. The molecule has 2 aromatic heterocycles. The topological polar surface area (TPSA) is 38.7 Å². The minimum Gasteiger partial charge on any atom is -0.264 e. The summed E-state index contributed by atoms with van der Waals surface area (Å²) in [5.41, 5.74) is 16.7. The van der Waals surface area contributed by atoms with Crippen LogP contribution >= 0.6 is 0 Å². The third-order valence-corrected chi connectivity index (χ3v) is 11.2. The van der Waals surface area contributed by atoms with E-state index in [0.717, 1.165) is 28.1 Å². The zero-order valence-electron chi connectivity index (χ0n) is 28.7. The Labute approximate surface area is 308 Å². The lowest BCUT2D eigenvalue weighted by Crippen LogP contribution is -2.29. The van der Waals surface area contributed by atoms with E-state index in [0.29, 0.717) is 5.82 Å². The summed E-state index contributed by atoms with van der Waals surface area (Å²) in [4.78, 5) is 15.0. The molecule has 1 unspecified atom stereocenters. The third kappa shape index (κ3) is 4.31. The van der Waals surface area contributed by atoms with Crippen molar-refractivity contribution in [1.82, 2.24) is 15.0 Å². The van der Waals surface area contributed by atoms with Gasteiger partial charge in [-0.05, 0) is 90.7 Å². The predicted octanol–water partition coefficient (Wildman–Crippen LogP) is 12.0. The van der Waals surface area contributed by atoms with Crippen molar-refractivity contribution >= 4 is 10.8 Å². The molecule has 0 saturated carbocycles. The van der Waals surface area contributed by atoms with Gasteiger partial charge in [0.15, 0.2) is 5.82 Å². The van der Waals surface area contributed by atoms with E-state index in [9.17, 15) is 0 Å². The molecular weight excluding hydrogens is 643 g/mol. The Hall–Kier alpha value is -6.97. The van der Waals surface area contributed by atoms with Crippen molar-refractivity contribution in [3.05, 3.63) is 211 Å². The highest BCUT2D eigenvalue weighted by Gasteiger charge is 2.50. The molecular formula is C50H31N3. The molecule has 2 heterocycles. The van der Waals surface area contributed by atoms with Gasteiger partial charge >= 0.3 is 0 Å². The van der Waals surface area contributed by atoms with Gasteiger partial charge in [0.25, 0.3) is 0 Å². The number of hydrogen-bond acceptors (Lipinski definition) is 3. The molecule has 2 aliphatic carbocycles. The summed E-state index contributed by atoms with van der Waals surface area (Å²) < 4.78 is 0. The van der Waals surface area contributed by atoms with Crippen LogP contribution in [-0.2, 0) is 5.41 Å². The predicted molar refractivity (Wildman–Crippen MR) is 215 cm³/mol. The van der Waals surface area contributed by atoms with Crippen LogP contribution in [0.3, 0.4) is 0 Å². The molecule has 11 rings (SSSR count). The molecule has 0 aliphatic heterocycles. The van der Waals surface area contributed by atoms with E-state index in [-0.39, 0.29) is 0 Å². The van der Waals surface area contributed by atoms with Crippen molar-refractivity contribution in [2.75, 3.05) is 0 Å². The van der Waals surface area contributed by atoms with Gasteiger partial charge in [0, 0.05) is 29.1 Å². The molecule has 0 fully saturated rings. The Morgan fingerprint density at radius 3 is 1.77 bits per heavy atom. The second-order valence-corrected chi connectivity index (χ2v) is 13.9. The third-order valence-electron chi connectivity index (χ3n) is 11.2. The molecule has 0 saturated heterocycles. The van der Waals surface area contributed by atoms with E-state index in [2.05, 4.69) is 169 Å². The molecule has 246 valence electrons. The van der Waals surface area contributed by atoms with E-state index in [1.165, 1.54) is 66.4 Å². The number of aromatic nitrogens is 3. The fourth-order valence-corrected chi connectivity index (χ4v) is 8.99. The lowest BCUT2D eigenvalue weighted by atomic mass is 9.65. The fourth-order valence-electron chi connectivity index (χ4n) is 8.99. The second kappa shape index (κ2) is 11.5. The van der Waals surface area contributed by atoms with Crippen LogP contribution in [0.1, 0.15) is 22.3 Å². The molecule has 7 aromatic carbocycles. The van der Waals surface area contributed by atoms with Gasteiger partial charge in [-0.15, -0.1) is 0 Å². The highest BCUT2D eigenvalue weighted by Crippen LogP contribution is 2.62. The molecule has 0 radical (unpaired) electrons. The molecule has 3 nitrogen and oxygen atoms in total. The number of rotatable bonds is 3. The summed E-state index contributed by atoms with van der Waals surface area (Å²) in [6.45, 7) is 0. The Morgan fingerprint density at radius 2 is 1.00 bits per heavy atom. The smallest absolute Gasteiger partial charge is 0.160 e. The van der Waals surface area contributed by atoms with Gasteiger partial charge in [0.05, 0.1) is 16.8 Å². The van der Waals surface area contributed by atoms with Gasteiger partial charge in [0.1, 0.15) is 0 Å². The van der Waals surface area contributed by atoms with E-state index in [1.54, 1.807) is 6.20 Å². The Kier molecular flexibility index (Phi) is 6.47. The molecule has 2 aliphatic rings. The molecule has 1 atom stereocenters. The summed E-state index contributed by atoms with van der Waals surface area (Å²) in [6.07, 6.45) is 3.67. The van der Waals surface area contributed by atoms with Gasteiger partial charge in [-0.1, -0.05) is 152 Å². The van der Waals surface area contributed by atoms with Gasteiger partial charge in [0.2, 0.25) is 0 Å². The van der Waals surface area contributed by atoms with Crippen molar-refractivity contribution in [3.63, 3.8) is 0 Å². The van der Waals surface area contributed by atoms with Crippen molar-refractivity contribution in [2.24, 2.45) is 0 Å². The number of hydrogen-bond donors (Lipinski definition) is 0. The molecule has 3 heteroatoms. The monoisotopic (exact) mass is 673 g/mol. The van der Waals surface area contributed by atoms with E-state index >= 15 is 0 Å². The number of nitrogens with zero attached hydrogens (tertiary/aromatic N) is 3. The number of pyridine rings is 1. The molecule has 1 spiro atoms. The average molecular weight is 674 g/mol. The van der Waals surface area contributed by atoms with Crippen LogP contribution in [0.5, 0.6) is 0 Å². The van der Waals surface area contributed by atoms with Gasteiger partial charge < -0.3 is 0 Å². The average Bonchev–Trinajstić information content (AvgIpc) is 3.49. The zero-order valence-corrected chi connectivity index (χ0v) is 28.7. The molecule has 53 heavy (non-hydrogen) atoms. The Balaban J connectivity index is 1.27. The Bertz CT molecular complexity index is 2840. The van der Waals surface area contributed by atoms with E-state index in [1.807, 2.05) is 18.3 Å². The highest BCUT2D eigenvalue weighted by atomic mass is 14.9. The van der Waals surface area contributed by atoms with Crippen LogP contribution in [-0.4, -0.2) is 15.0 Å². The summed E-state index contributed by atoms with van der Waals surface area (Å²) in [6, 6.07) is 63.8. The molecule has 9 aromatic rings. The largest absolute Gasteiger partial charge is 0.264 e. The van der Waals surface area contributed by atoms with Gasteiger partial charge in [-0.2, -0.15) is 0 Å². The first kappa shape index (κ1) is 29.7. The van der Waals surface area contributed by atoms with Crippen LogP contribution in [0.25, 0.3) is 78.1 Å². The van der Waals surface area contributed by atoms with Crippen LogP contribution in [0.15, 0.2) is 188 Å². The van der Waals surface area contributed by atoms with Crippen LogP contribution in [0, 0.1) is 0 Å². The van der Waals surface area contributed by atoms with E-state index < -0.39 is 5.41 Å². The highest BCUT2D eigenvalue weighted by molar-refractivity contribution is 6.06. The molecule has 0 bridgehead atoms. The van der Waals surface area contributed by atoms with Crippen molar-refractivity contribution in [2.45, 2.75) is 5.41 Å². The minimum atomic E-state index is -0.611. The SMILES string of the molecule is c1ccc(-c2cc(-c3cccnc3)nc(-c3ccc4c(c3)C3(c5ccccc5-c5ccccc5-4)c4ccccc4-c4c3ccc3ccccc43)n2)cc1. The first-order valence-corrected chi connectivity index (χ1v) is 18.1. The first-order valence-electron chi connectivity index (χ1n) is 18.1.